The van der Waals surface area contributed by atoms with Gasteiger partial charge in [-0.25, -0.2) is 0 Å². The molecule has 4 nitrogen and oxygen atoms in total. The number of hydrogen-bond donors (Lipinski definition) is 1. The molecule has 0 fully saturated rings. The van der Waals surface area contributed by atoms with E-state index in [1.807, 2.05) is 7.05 Å². The predicted octanol–water partition coefficient (Wildman–Crippen LogP) is 1.25. The third-order valence-electron chi connectivity index (χ3n) is 2.58. The standard InChI is InChI=1S/C13H23NO3S/c1-14(6-5-13-4-3-9-18-13)10-12(15)11-17-8-7-16-2/h3-4,9,12,15H,5-8,10-11H2,1-2H3. The summed E-state index contributed by atoms with van der Waals surface area (Å²) in [5.41, 5.74) is 0. The lowest BCUT2D eigenvalue weighted by Crippen LogP contribution is -2.33. The number of thiophene rings is 1. The molecule has 0 amide bonds. The molecule has 0 aromatic carbocycles. The molecule has 0 radical (unpaired) electrons. The highest BCUT2D eigenvalue weighted by molar-refractivity contribution is 7.09. The number of aliphatic hydroxyl groups is 1. The molecular weight excluding hydrogens is 250 g/mol. The molecule has 1 aromatic heterocycles. The molecule has 1 N–H and O–H groups in total. The summed E-state index contributed by atoms with van der Waals surface area (Å²) in [4.78, 5) is 3.51. The van der Waals surface area contributed by atoms with Gasteiger partial charge in [0.1, 0.15) is 0 Å². The topological polar surface area (TPSA) is 41.9 Å². The first-order valence-electron chi connectivity index (χ1n) is 6.18. The Morgan fingerprint density at radius 3 is 2.94 bits per heavy atom. The first-order chi connectivity index (χ1) is 8.72. The second kappa shape index (κ2) is 9.47. The fourth-order valence-corrected chi connectivity index (χ4v) is 2.32. The van der Waals surface area contributed by atoms with Crippen molar-refractivity contribution in [1.82, 2.24) is 4.90 Å². The minimum atomic E-state index is -0.435. The number of ether oxygens (including phenoxy) is 2. The van der Waals surface area contributed by atoms with E-state index in [2.05, 4.69) is 22.4 Å². The van der Waals surface area contributed by atoms with Gasteiger partial charge in [0, 0.05) is 25.1 Å². The highest BCUT2D eigenvalue weighted by Crippen LogP contribution is 2.09. The van der Waals surface area contributed by atoms with Crippen LogP contribution in [0.5, 0.6) is 0 Å². The smallest absolute Gasteiger partial charge is 0.0900 e. The maximum absolute atomic E-state index is 9.77. The summed E-state index contributed by atoms with van der Waals surface area (Å²) in [6, 6.07) is 4.21. The molecular formula is C13H23NO3S. The Morgan fingerprint density at radius 2 is 2.28 bits per heavy atom. The molecule has 1 aromatic rings. The molecule has 1 heterocycles. The lowest BCUT2D eigenvalue weighted by Gasteiger charge is -2.20. The van der Waals surface area contributed by atoms with Crippen molar-refractivity contribution >= 4 is 11.3 Å². The van der Waals surface area contributed by atoms with Crippen LogP contribution in [-0.2, 0) is 15.9 Å². The maximum Gasteiger partial charge on any atom is 0.0900 e. The van der Waals surface area contributed by atoms with Gasteiger partial charge in [-0.1, -0.05) is 6.07 Å². The van der Waals surface area contributed by atoms with Crippen molar-refractivity contribution in [1.29, 1.82) is 0 Å². The van der Waals surface area contributed by atoms with E-state index >= 15 is 0 Å². The molecule has 0 saturated heterocycles. The molecule has 5 heteroatoms. The minimum absolute atomic E-state index is 0.368. The third-order valence-corrected chi connectivity index (χ3v) is 3.52. The molecule has 18 heavy (non-hydrogen) atoms. The van der Waals surface area contributed by atoms with Crippen molar-refractivity contribution in [3.8, 4) is 0 Å². The van der Waals surface area contributed by atoms with Gasteiger partial charge in [-0.3, -0.25) is 0 Å². The quantitative estimate of drug-likeness (QED) is 0.651. The van der Waals surface area contributed by atoms with Gasteiger partial charge in [0.25, 0.3) is 0 Å². The van der Waals surface area contributed by atoms with Crippen LogP contribution in [0.4, 0.5) is 0 Å². The van der Waals surface area contributed by atoms with Gasteiger partial charge in [-0.15, -0.1) is 11.3 Å². The van der Waals surface area contributed by atoms with Crippen LogP contribution in [0.3, 0.4) is 0 Å². The summed E-state index contributed by atoms with van der Waals surface area (Å²) in [6.07, 6.45) is 0.598. The summed E-state index contributed by atoms with van der Waals surface area (Å²) < 4.78 is 10.2. The Kier molecular flexibility index (Phi) is 8.20. The minimum Gasteiger partial charge on any atom is -0.389 e. The van der Waals surface area contributed by atoms with Gasteiger partial charge in [0.2, 0.25) is 0 Å². The molecule has 1 rings (SSSR count). The summed E-state index contributed by atoms with van der Waals surface area (Å²) in [7, 11) is 3.66. The van der Waals surface area contributed by atoms with E-state index in [9.17, 15) is 5.11 Å². The zero-order chi connectivity index (χ0) is 13.2. The van der Waals surface area contributed by atoms with Crippen molar-refractivity contribution < 1.29 is 14.6 Å². The third kappa shape index (κ3) is 7.08. The Morgan fingerprint density at radius 1 is 1.44 bits per heavy atom. The number of nitrogens with zero attached hydrogens (tertiary/aromatic N) is 1. The van der Waals surface area contributed by atoms with Crippen LogP contribution in [0, 0.1) is 0 Å². The molecule has 0 bridgehead atoms. The lowest BCUT2D eigenvalue weighted by molar-refractivity contribution is 0.00253. The van der Waals surface area contributed by atoms with Gasteiger partial charge in [0.05, 0.1) is 25.9 Å². The number of likely N-dealkylation sites (N-methyl/N-ethyl adjacent to an activating group) is 1. The number of hydrogen-bond acceptors (Lipinski definition) is 5. The van der Waals surface area contributed by atoms with Crippen molar-refractivity contribution in [2.75, 3.05) is 47.1 Å². The second-order valence-electron chi connectivity index (χ2n) is 4.31. The largest absolute Gasteiger partial charge is 0.389 e. The average molecular weight is 273 g/mol. The van der Waals surface area contributed by atoms with Crippen molar-refractivity contribution in [3.05, 3.63) is 22.4 Å². The molecule has 0 aliphatic rings. The first kappa shape index (κ1) is 15.6. The van der Waals surface area contributed by atoms with Crippen LogP contribution in [0.15, 0.2) is 17.5 Å². The highest BCUT2D eigenvalue weighted by atomic mass is 32.1. The van der Waals surface area contributed by atoms with Crippen molar-refractivity contribution in [3.63, 3.8) is 0 Å². The molecule has 1 atom stereocenters. The molecule has 104 valence electrons. The van der Waals surface area contributed by atoms with Crippen LogP contribution in [0.25, 0.3) is 0 Å². The maximum atomic E-state index is 9.77. The zero-order valence-corrected chi connectivity index (χ0v) is 12.0. The Bertz CT molecular complexity index is 292. The molecule has 1 unspecified atom stereocenters. The summed E-state index contributed by atoms with van der Waals surface area (Å²) >= 11 is 1.78. The summed E-state index contributed by atoms with van der Waals surface area (Å²) in [5, 5.41) is 11.9. The molecule has 0 aliphatic carbocycles. The van der Waals surface area contributed by atoms with Crippen molar-refractivity contribution in [2.45, 2.75) is 12.5 Å². The van der Waals surface area contributed by atoms with Gasteiger partial charge in [-0.2, -0.15) is 0 Å². The summed E-state index contributed by atoms with van der Waals surface area (Å²) in [6.45, 7) is 3.06. The van der Waals surface area contributed by atoms with E-state index in [0.717, 1.165) is 13.0 Å². The molecule has 0 spiro atoms. The van der Waals surface area contributed by atoms with Crippen LogP contribution in [0.1, 0.15) is 4.88 Å². The zero-order valence-electron chi connectivity index (χ0n) is 11.2. The SMILES string of the molecule is COCCOCC(O)CN(C)CCc1cccs1. The van der Waals surface area contributed by atoms with Crippen LogP contribution < -0.4 is 0 Å². The van der Waals surface area contributed by atoms with Crippen LogP contribution >= 0.6 is 11.3 Å². The van der Waals surface area contributed by atoms with E-state index in [4.69, 9.17) is 9.47 Å². The van der Waals surface area contributed by atoms with E-state index in [1.54, 1.807) is 18.4 Å². The van der Waals surface area contributed by atoms with E-state index in [0.29, 0.717) is 26.4 Å². The van der Waals surface area contributed by atoms with Gasteiger partial charge in [-0.05, 0) is 24.9 Å². The Labute approximate surface area is 113 Å². The van der Waals surface area contributed by atoms with Crippen molar-refractivity contribution in [2.24, 2.45) is 0 Å². The monoisotopic (exact) mass is 273 g/mol. The van der Waals surface area contributed by atoms with E-state index in [-0.39, 0.29) is 0 Å². The lowest BCUT2D eigenvalue weighted by atomic mass is 10.3. The Hall–Kier alpha value is -0.460. The molecule has 0 aliphatic heterocycles. The summed E-state index contributed by atoms with van der Waals surface area (Å²) in [5.74, 6) is 0. The number of rotatable bonds is 10. The molecule has 0 saturated carbocycles. The average Bonchev–Trinajstić information content (AvgIpc) is 2.85. The van der Waals surface area contributed by atoms with Gasteiger partial charge < -0.3 is 19.5 Å². The number of aliphatic hydroxyl groups excluding tert-OH is 1. The fraction of sp³-hybridized carbons (Fsp3) is 0.692. The van der Waals surface area contributed by atoms with E-state index in [1.165, 1.54) is 4.88 Å². The predicted molar refractivity (Wildman–Crippen MR) is 74.2 cm³/mol. The highest BCUT2D eigenvalue weighted by Gasteiger charge is 2.08. The normalized spacial score (nSPS) is 13.1. The Balaban J connectivity index is 2.05. The fourth-order valence-electron chi connectivity index (χ4n) is 1.62. The van der Waals surface area contributed by atoms with E-state index < -0.39 is 6.10 Å². The van der Waals surface area contributed by atoms with Gasteiger partial charge in [0.15, 0.2) is 0 Å². The number of methoxy groups -OCH3 is 1. The van der Waals surface area contributed by atoms with Crippen LogP contribution in [-0.4, -0.2) is 63.2 Å². The van der Waals surface area contributed by atoms with Crippen LogP contribution in [0.2, 0.25) is 0 Å². The van der Waals surface area contributed by atoms with Gasteiger partial charge >= 0.3 is 0 Å². The second-order valence-corrected chi connectivity index (χ2v) is 5.35. The first-order valence-corrected chi connectivity index (χ1v) is 7.06.